The topological polar surface area (TPSA) is 68.5 Å². The van der Waals surface area contributed by atoms with Gasteiger partial charge in [-0.15, -0.1) is 11.3 Å². The lowest BCUT2D eigenvalue weighted by Gasteiger charge is -2.19. The van der Waals surface area contributed by atoms with Gasteiger partial charge in [0.25, 0.3) is 0 Å². The van der Waals surface area contributed by atoms with Crippen LogP contribution in [0.5, 0.6) is 0 Å². The Kier molecular flexibility index (Phi) is 2.31. The molecule has 6 heteroatoms. The summed E-state index contributed by atoms with van der Waals surface area (Å²) in [5.41, 5.74) is 1.60. The number of nitrogens with one attached hydrogen (secondary N) is 1. The van der Waals surface area contributed by atoms with Gasteiger partial charge in [0.1, 0.15) is 12.3 Å². The van der Waals surface area contributed by atoms with E-state index in [1.807, 2.05) is 12.1 Å². The normalized spacial score (nSPS) is 14.1. The number of rotatable bonds is 1. The second-order valence-electron chi connectivity index (χ2n) is 3.60. The summed E-state index contributed by atoms with van der Waals surface area (Å²) in [5, 5.41) is 22.9. The summed E-state index contributed by atoms with van der Waals surface area (Å²) in [4.78, 5) is 5.00. The molecule has 0 saturated heterocycles. The van der Waals surface area contributed by atoms with Gasteiger partial charge in [-0.3, -0.25) is 0 Å². The Morgan fingerprint density at radius 1 is 1.53 bits per heavy atom. The summed E-state index contributed by atoms with van der Waals surface area (Å²) in [6.07, 6.45) is 0. The maximum Gasteiger partial charge on any atom is 0.144 e. The monoisotopic (exact) mass is 265 g/mol. The van der Waals surface area contributed by atoms with Crippen LogP contribution in [0.2, 0.25) is 4.34 Å². The second kappa shape index (κ2) is 3.72. The van der Waals surface area contributed by atoms with E-state index in [4.69, 9.17) is 21.8 Å². The van der Waals surface area contributed by atoms with Crippen LogP contribution in [0.3, 0.4) is 0 Å². The first-order valence-corrected chi connectivity index (χ1v) is 6.03. The van der Waals surface area contributed by atoms with E-state index in [9.17, 15) is 5.11 Å². The molecule has 1 aliphatic rings. The van der Waals surface area contributed by atoms with Gasteiger partial charge in [-0.25, -0.2) is 0 Å². The van der Waals surface area contributed by atoms with Crippen LogP contribution in [0.4, 0.5) is 0 Å². The maximum absolute atomic E-state index is 11.1. The van der Waals surface area contributed by atoms with E-state index in [0.717, 1.165) is 15.6 Å². The molecule has 4 nitrogen and oxygen atoms in total. The van der Waals surface area contributed by atoms with Gasteiger partial charge in [-0.2, -0.15) is 0 Å². The fourth-order valence-electron chi connectivity index (χ4n) is 1.87. The standard InChI is InChI=1S/C11H7ClN2O2S/c12-8-3-5-1-2-6-7(10(5)17-8)4-16-14-9(6)11(13)15/h1-3H,4H2,(H2,13,15)/p-1. The highest BCUT2D eigenvalue weighted by Crippen LogP contribution is 2.35. The maximum atomic E-state index is 11.1. The van der Waals surface area contributed by atoms with Crippen LogP contribution >= 0.6 is 22.9 Å². The highest BCUT2D eigenvalue weighted by atomic mass is 35.5. The minimum Gasteiger partial charge on any atom is -0.858 e. The zero-order chi connectivity index (χ0) is 12.0. The Balaban J connectivity index is 2.31. The third-order valence-corrected chi connectivity index (χ3v) is 3.93. The van der Waals surface area contributed by atoms with Crippen molar-refractivity contribution < 1.29 is 9.94 Å². The quantitative estimate of drug-likeness (QED) is 0.634. The lowest BCUT2D eigenvalue weighted by molar-refractivity contribution is -0.211. The van der Waals surface area contributed by atoms with Crippen LogP contribution in [0.1, 0.15) is 11.1 Å². The van der Waals surface area contributed by atoms with Crippen molar-refractivity contribution >= 4 is 44.6 Å². The molecule has 1 aliphatic heterocycles. The Bertz CT molecular complexity index is 663. The van der Waals surface area contributed by atoms with Gasteiger partial charge < -0.3 is 15.4 Å². The number of benzene rings is 1. The Morgan fingerprint density at radius 2 is 2.35 bits per heavy atom. The van der Waals surface area contributed by atoms with Gasteiger partial charge in [-0.05, 0) is 11.5 Å². The number of oxime groups is 1. The van der Waals surface area contributed by atoms with E-state index >= 15 is 0 Å². The van der Waals surface area contributed by atoms with E-state index in [1.54, 1.807) is 6.07 Å². The average molecular weight is 266 g/mol. The Morgan fingerprint density at radius 3 is 3.12 bits per heavy atom. The SMILES string of the molecule is N=C([O-])C1=NOCc2c1ccc1cc(Cl)sc21. The smallest absolute Gasteiger partial charge is 0.144 e. The lowest BCUT2D eigenvalue weighted by Crippen LogP contribution is -2.30. The molecule has 1 aromatic heterocycles. The third-order valence-electron chi connectivity index (χ3n) is 2.59. The number of nitrogens with zero attached hydrogens (tertiary/aromatic N) is 1. The molecule has 0 fully saturated rings. The highest BCUT2D eigenvalue weighted by Gasteiger charge is 2.19. The molecule has 0 radical (unpaired) electrons. The predicted molar refractivity (Wildman–Crippen MR) is 65.9 cm³/mol. The lowest BCUT2D eigenvalue weighted by atomic mass is 10.0. The molecule has 0 bridgehead atoms. The molecule has 1 N–H and O–H groups in total. The first kappa shape index (κ1) is 10.6. The second-order valence-corrected chi connectivity index (χ2v) is 5.29. The summed E-state index contributed by atoms with van der Waals surface area (Å²) >= 11 is 7.41. The van der Waals surface area contributed by atoms with Crippen molar-refractivity contribution in [3.63, 3.8) is 0 Å². The molecule has 1 aromatic carbocycles. The van der Waals surface area contributed by atoms with E-state index in [2.05, 4.69) is 5.16 Å². The van der Waals surface area contributed by atoms with E-state index < -0.39 is 5.90 Å². The molecule has 2 aromatic rings. The van der Waals surface area contributed by atoms with Crippen LogP contribution in [0.25, 0.3) is 10.1 Å². The minimum atomic E-state index is -0.840. The van der Waals surface area contributed by atoms with Crippen molar-refractivity contribution in [1.29, 1.82) is 5.41 Å². The van der Waals surface area contributed by atoms with Crippen molar-refractivity contribution in [2.75, 3.05) is 0 Å². The molecule has 0 aliphatic carbocycles. The molecule has 3 rings (SSSR count). The van der Waals surface area contributed by atoms with Crippen LogP contribution in [0.15, 0.2) is 23.4 Å². The molecule has 17 heavy (non-hydrogen) atoms. The zero-order valence-corrected chi connectivity index (χ0v) is 10.1. The number of halogens is 1. The average Bonchev–Trinajstić information content (AvgIpc) is 2.68. The third kappa shape index (κ3) is 1.59. The number of fused-ring (bicyclic) bond motifs is 3. The van der Waals surface area contributed by atoms with Gasteiger partial charge in [0.2, 0.25) is 0 Å². The van der Waals surface area contributed by atoms with Crippen molar-refractivity contribution in [1.82, 2.24) is 0 Å². The molecule has 0 amide bonds. The first-order valence-electron chi connectivity index (χ1n) is 4.84. The van der Waals surface area contributed by atoms with Crippen molar-refractivity contribution in [3.05, 3.63) is 33.7 Å². The molecule has 0 unspecified atom stereocenters. The fraction of sp³-hybridized carbons (Fsp3) is 0.0909. The molecule has 0 spiro atoms. The van der Waals surface area contributed by atoms with Crippen LogP contribution in [-0.2, 0) is 11.4 Å². The Labute approximate surface area is 106 Å². The zero-order valence-electron chi connectivity index (χ0n) is 8.49. The number of hydrogen-bond donors (Lipinski definition) is 1. The van der Waals surface area contributed by atoms with Crippen molar-refractivity contribution in [2.45, 2.75) is 6.61 Å². The van der Waals surface area contributed by atoms with E-state index in [0.29, 0.717) is 16.5 Å². The summed E-state index contributed by atoms with van der Waals surface area (Å²) < 4.78 is 1.68. The number of hydrogen-bond acceptors (Lipinski definition) is 5. The van der Waals surface area contributed by atoms with Gasteiger partial charge >= 0.3 is 0 Å². The number of thiophene rings is 1. The van der Waals surface area contributed by atoms with E-state index in [-0.39, 0.29) is 5.71 Å². The summed E-state index contributed by atoms with van der Waals surface area (Å²) in [6, 6.07) is 5.53. The van der Waals surface area contributed by atoms with Crippen molar-refractivity contribution in [2.24, 2.45) is 5.16 Å². The first-order chi connectivity index (χ1) is 8.16. The molecular weight excluding hydrogens is 260 g/mol. The Hall–Kier alpha value is -1.59. The van der Waals surface area contributed by atoms with Gasteiger partial charge in [-0.1, -0.05) is 28.9 Å². The largest absolute Gasteiger partial charge is 0.858 e. The van der Waals surface area contributed by atoms with E-state index in [1.165, 1.54) is 11.3 Å². The van der Waals surface area contributed by atoms with Gasteiger partial charge in [0, 0.05) is 21.7 Å². The van der Waals surface area contributed by atoms with Gasteiger partial charge in [0.15, 0.2) is 0 Å². The fourth-order valence-corrected chi connectivity index (χ4v) is 3.14. The summed E-state index contributed by atoms with van der Waals surface area (Å²) in [7, 11) is 0. The molecular formula is C11H6ClN2O2S-. The van der Waals surface area contributed by atoms with Crippen LogP contribution < -0.4 is 5.11 Å². The van der Waals surface area contributed by atoms with Gasteiger partial charge in [0.05, 0.1) is 4.34 Å². The van der Waals surface area contributed by atoms with Crippen molar-refractivity contribution in [3.8, 4) is 0 Å². The molecule has 2 heterocycles. The predicted octanol–water partition coefficient (Wildman–Crippen LogP) is 2.13. The highest BCUT2D eigenvalue weighted by molar-refractivity contribution is 7.22. The van der Waals surface area contributed by atoms with Crippen LogP contribution in [-0.4, -0.2) is 11.6 Å². The molecule has 0 saturated carbocycles. The summed E-state index contributed by atoms with van der Waals surface area (Å²) in [6.45, 7) is 0.306. The summed E-state index contributed by atoms with van der Waals surface area (Å²) in [5.74, 6) is -0.840. The molecule has 86 valence electrons. The van der Waals surface area contributed by atoms with Crippen LogP contribution in [0, 0.1) is 5.41 Å². The molecule has 0 atom stereocenters. The minimum absolute atomic E-state index is 0.0534.